The maximum atomic E-state index is 5.67. The van der Waals surface area contributed by atoms with E-state index in [-0.39, 0.29) is 18.3 Å². The standard InChI is InChI=1S/C11H22O4/c1-4-13-10-8-15-9(6-7-12-3)11(10)14-5-2/h9-11H,4-8H2,1-3H3/t9?,10?,11-/m1/s1. The topological polar surface area (TPSA) is 36.9 Å². The van der Waals surface area contributed by atoms with Gasteiger partial charge in [0.1, 0.15) is 12.2 Å². The molecule has 15 heavy (non-hydrogen) atoms. The first-order valence-corrected chi connectivity index (χ1v) is 5.67. The van der Waals surface area contributed by atoms with Gasteiger partial charge in [0.25, 0.3) is 0 Å². The fraction of sp³-hybridized carbons (Fsp3) is 1.00. The molecule has 0 aromatic carbocycles. The molecular formula is C11H22O4. The van der Waals surface area contributed by atoms with Crippen molar-refractivity contribution in [2.75, 3.05) is 33.5 Å². The molecule has 0 bridgehead atoms. The monoisotopic (exact) mass is 218 g/mol. The van der Waals surface area contributed by atoms with Crippen molar-refractivity contribution in [2.45, 2.75) is 38.6 Å². The van der Waals surface area contributed by atoms with Gasteiger partial charge in [-0.3, -0.25) is 0 Å². The molecule has 4 heteroatoms. The Labute approximate surface area is 91.8 Å². The van der Waals surface area contributed by atoms with Gasteiger partial charge in [-0.25, -0.2) is 0 Å². The van der Waals surface area contributed by atoms with Crippen LogP contribution in [0.5, 0.6) is 0 Å². The zero-order valence-corrected chi connectivity index (χ0v) is 9.90. The molecule has 0 saturated carbocycles. The highest BCUT2D eigenvalue weighted by atomic mass is 16.6. The van der Waals surface area contributed by atoms with E-state index in [2.05, 4.69) is 0 Å². The van der Waals surface area contributed by atoms with Crippen LogP contribution >= 0.6 is 0 Å². The highest BCUT2D eigenvalue weighted by molar-refractivity contribution is 4.85. The number of hydrogen-bond acceptors (Lipinski definition) is 4. The molecule has 90 valence electrons. The summed E-state index contributed by atoms with van der Waals surface area (Å²) >= 11 is 0. The second kappa shape index (κ2) is 7.17. The smallest absolute Gasteiger partial charge is 0.112 e. The summed E-state index contributed by atoms with van der Waals surface area (Å²) in [6, 6.07) is 0. The minimum absolute atomic E-state index is 0.0603. The SMILES string of the molecule is CCOC1COC(CCOC)[C@H]1OCC. The maximum Gasteiger partial charge on any atom is 0.112 e. The highest BCUT2D eigenvalue weighted by Crippen LogP contribution is 2.23. The van der Waals surface area contributed by atoms with Crippen LogP contribution in [0.3, 0.4) is 0 Å². The van der Waals surface area contributed by atoms with Crippen LogP contribution in [0.15, 0.2) is 0 Å². The molecule has 0 radical (unpaired) electrons. The van der Waals surface area contributed by atoms with Crippen LogP contribution in [0.25, 0.3) is 0 Å². The third-order valence-corrected chi connectivity index (χ3v) is 2.55. The lowest BCUT2D eigenvalue weighted by molar-refractivity contribution is -0.0593. The van der Waals surface area contributed by atoms with E-state index in [9.17, 15) is 0 Å². The van der Waals surface area contributed by atoms with Gasteiger partial charge in [0.05, 0.1) is 12.7 Å². The van der Waals surface area contributed by atoms with E-state index >= 15 is 0 Å². The first-order chi connectivity index (χ1) is 7.33. The molecule has 0 aliphatic carbocycles. The molecule has 4 nitrogen and oxygen atoms in total. The van der Waals surface area contributed by atoms with Crippen LogP contribution in [0.4, 0.5) is 0 Å². The largest absolute Gasteiger partial charge is 0.385 e. The number of ether oxygens (including phenoxy) is 4. The second-order valence-corrected chi connectivity index (χ2v) is 3.57. The molecule has 1 saturated heterocycles. The summed E-state index contributed by atoms with van der Waals surface area (Å²) in [4.78, 5) is 0. The van der Waals surface area contributed by atoms with Crippen molar-refractivity contribution in [1.29, 1.82) is 0 Å². The van der Waals surface area contributed by atoms with Gasteiger partial charge in [0.2, 0.25) is 0 Å². The molecule has 0 spiro atoms. The van der Waals surface area contributed by atoms with E-state index in [0.29, 0.717) is 26.4 Å². The van der Waals surface area contributed by atoms with E-state index in [0.717, 1.165) is 6.42 Å². The lowest BCUT2D eigenvalue weighted by Crippen LogP contribution is -2.35. The number of rotatable bonds is 7. The maximum absolute atomic E-state index is 5.67. The number of methoxy groups -OCH3 is 1. The van der Waals surface area contributed by atoms with Crippen LogP contribution in [-0.2, 0) is 18.9 Å². The van der Waals surface area contributed by atoms with Gasteiger partial charge < -0.3 is 18.9 Å². The van der Waals surface area contributed by atoms with Gasteiger partial charge in [0.15, 0.2) is 0 Å². The molecule has 1 fully saturated rings. The van der Waals surface area contributed by atoms with Gasteiger partial charge in [-0.05, 0) is 20.3 Å². The van der Waals surface area contributed by atoms with Crippen LogP contribution in [0, 0.1) is 0 Å². The Balaban J connectivity index is 2.42. The van der Waals surface area contributed by atoms with Gasteiger partial charge in [-0.15, -0.1) is 0 Å². The predicted octanol–water partition coefficient (Wildman–Crippen LogP) is 1.23. The normalized spacial score (nSPS) is 31.0. The Morgan fingerprint density at radius 1 is 1.20 bits per heavy atom. The zero-order chi connectivity index (χ0) is 11.1. The molecule has 0 N–H and O–H groups in total. The fourth-order valence-corrected chi connectivity index (χ4v) is 1.89. The predicted molar refractivity (Wildman–Crippen MR) is 57.1 cm³/mol. The van der Waals surface area contributed by atoms with Crippen molar-refractivity contribution < 1.29 is 18.9 Å². The fourth-order valence-electron chi connectivity index (χ4n) is 1.89. The van der Waals surface area contributed by atoms with E-state index in [4.69, 9.17) is 18.9 Å². The van der Waals surface area contributed by atoms with Crippen LogP contribution in [0.2, 0.25) is 0 Å². The molecular weight excluding hydrogens is 196 g/mol. The quantitative estimate of drug-likeness (QED) is 0.644. The minimum atomic E-state index is 0.0603. The van der Waals surface area contributed by atoms with Crippen molar-refractivity contribution in [3.8, 4) is 0 Å². The summed E-state index contributed by atoms with van der Waals surface area (Å²) in [6.45, 7) is 6.72. The first-order valence-electron chi connectivity index (χ1n) is 5.67. The van der Waals surface area contributed by atoms with Gasteiger partial charge in [0, 0.05) is 26.9 Å². The van der Waals surface area contributed by atoms with Crippen molar-refractivity contribution in [3.05, 3.63) is 0 Å². The Bertz CT molecular complexity index is 163. The average molecular weight is 218 g/mol. The van der Waals surface area contributed by atoms with Gasteiger partial charge in [-0.1, -0.05) is 0 Å². The molecule has 2 unspecified atom stereocenters. The third-order valence-electron chi connectivity index (χ3n) is 2.55. The summed E-state index contributed by atoms with van der Waals surface area (Å²) in [6.07, 6.45) is 1.12. The zero-order valence-electron chi connectivity index (χ0n) is 9.90. The summed E-state index contributed by atoms with van der Waals surface area (Å²) in [5.41, 5.74) is 0. The number of hydrogen-bond donors (Lipinski definition) is 0. The Hall–Kier alpha value is -0.160. The lowest BCUT2D eigenvalue weighted by atomic mass is 10.1. The second-order valence-electron chi connectivity index (χ2n) is 3.57. The van der Waals surface area contributed by atoms with Crippen LogP contribution in [0.1, 0.15) is 20.3 Å². The Kier molecular flexibility index (Phi) is 6.17. The molecule has 0 aromatic rings. The Morgan fingerprint density at radius 3 is 2.53 bits per heavy atom. The summed E-state index contributed by atoms with van der Waals surface area (Å²) in [7, 11) is 1.70. The summed E-state index contributed by atoms with van der Waals surface area (Å²) in [5.74, 6) is 0. The van der Waals surface area contributed by atoms with Gasteiger partial charge >= 0.3 is 0 Å². The first kappa shape index (κ1) is 12.9. The molecule has 0 amide bonds. The van der Waals surface area contributed by atoms with E-state index in [1.54, 1.807) is 7.11 Å². The van der Waals surface area contributed by atoms with Crippen LogP contribution in [-0.4, -0.2) is 51.8 Å². The molecule has 1 aliphatic rings. The van der Waals surface area contributed by atoms with Crippen molar-refractivity contribution in [2.24, 2.45) is 0 Å². The molecule has 0 aromatic heterocycles. The van der Waals surface area contributed by atoms with Crippen LogP contribution < -0.4 is 0 Å². The Morgan fingerprint density at radius 2 is 1.93 bits per heavy atom. The van der Waals surface area contributed by atoms with E-state index in [1.165, 1.54) is 0 Å². The van der Waals surface area contributed by atoms with Crippen molar-refractivity contribution in [1.82, 2.24) is 0 Å². The minimum Gasteiger partial charge on any atom is -0.385 e. The highest BCUT2D eigenvalue weighted by Gasteiger charge is 2.38. The van der Waals surface area contributed by atoms with E-state index < -0.39 is 0 Å². The van der Waals surface area contributed by atoms with Gasteiger partial charge in [-0.2, -0.15) is 0 Å². The lowest BCUT2D eigenvalue weighted by Gasteiger charge is -2.22. The summed E-state index contributed by atoms with van der Waals surface area (Å²) < 4.78 is 22.0. The van der Waals surface area contributed by atoms with E-state index in [1.807, 2.05) is 13.8 Å². The summed E-state index contributed by atoms with van der Waals surface area (Å²) in [5, 5.41) is 0. The molecule has 1 rings (SSSR count). The van der Waals surface area contributed by atoms with Crippen molar-refractivity contribution >= 4 is 0 Å². The van der Waals surface area contributed by atoms with Crippen molar-refractivity contribution in [3.63, 3.8) is 0 Å². The molecule has 1 heterocycles. The average Bonchev–Trinajstić information content (AvgIpc) is 2.60. The molecule has 3 atom stereocenters. The third kappa shape index (κ3) is 3.72. The molecule has 1 aliphatic heterocycles.